The Hall–Kier alpha value is -4.15. The van der Waals surface area contributed by atoms with E-state index in [0.29, 0.717) is 6.42 Å². The van der Waals surface area contributed by atoms with Gasteiger partial charge in [0.2, 0.25) is 11.8 Å². The molecule has 0 aliphatic rings. The number of nitrogens with two attached hydrogens (primary N) is 2. The highest BCUT2D eigenvalue weighted by molar-refractivity contribution is 5.80. The van der Waals surface area contributed by atoms with Crippen molar-refractivity contribution in [1.82, 2.24) is 16.0 Å². The van der Waals surface area contributed by atoms with Crippen LogP contribution in [-0.4, -0.2) is 46.3 Å². The van der Waals surface area contributed by atoms with Gasteiger partial charge in [0.05, 0.1) is 12.1 Å². The van der Waals surface area contributed by atoms with Gasteiger partial charge < -0.3 is 32.3 Å². The molecular weight excluding hydrogens is 474 g/mol. The lowest BCUT2D eigenvalue weighted by molar-refractivity contribution is -0.138. The average molecular weight is 510 g/mol. The topological polar surface area (TPSA) is 180 Å². The van der Waals surface area contributed by atoms with Gasteiger partial charge in [-0.1, -0.05) is 61.2 Å². The fraction of sp³-hybridized carbons (Fsp3) is 0.296. The zero-order chi connectivity index (χ0) is 27.2. The largest absolute Gasteiger partial charge is 0.481 e. The second-order valence-corrected chi connectivity index (χ2v) is 8.53. The highest BCUT2D eigenvalue weighted by Gasteiger charge is 2.27. The number of aryl methyl sites for hydroxylation is 1. The molecule has 3 atom stereocenters. The molecule has 198 valence electrons. The minimum Gasteiger partial charge on any atom is -0.481 e. The summed E-state index contributed by atoms with van der Waals surface area (Å²) in [6, 6.07) is 15.8. The number of aliphatic hydroxyl groups is 1. The molecule has 0 spiro atoms. The Morgan fingerprint density at radius 3 is 2.22 bits per heavy atom. The molecule has 0 saturated heterocycles. The predicted octanol–water partition coefficient (Wildman–Crippen LogP) is 1.32. The van der Waals surface area contributed by atoms with Crippen LogP contribution in [0.2, 0.25) is 0 Å². The Balaban J connectivity index is 1.98. The molecule has 2 rings (SSSR count). The van der Waals surface area contributed by atoms with Crippen molar-refractivity contribution in [2.45, 2.75) is 50.4 Å². The van der Waals surface area contributed by atoms with Gasteiger partial charge >= 0.3 is 5.97 Å². The van der Waals surface area contributed by atoms with Crippen molar-refractivity contribution in [3.8, 4) is 11.1 Å². The molecule has 0 aliphatic carbocycles. The maximum Gasteiger partial charge on any atom is 0.303 e. The SMILES string of the molecule is C=CN/C=C(\N)C[C@H](N[C@@H](O)[C@H](CCC(=O)O)NC(=O)CCc1ccc(-c2ccccc2)cc1)C(N)=O. The number of carbonyl (C=O) groups is 3. The molecule has 2 aromatic carbocycles. The first-order valence-corrected chi connectivity index (χ1v) is 11.9. The molecular formula is C27H35N5O5. The van der Waals surface area contributed by atoms with Gasteiger partial charge in [0.25, 0.3) is 0 Å². The quantitative estimate of drug-likeness (QED) is 0.165. The Morgan fingerprint density at radius 1 is 0.973 bits per heavy atom. The van der Waals surface area contributed by atoms with Gasteiger partial charge in [-0.3, -0.25) is 19.7 Å². The molecule has 2 aromatic rings. The van der Waals surface area contributed by atoms with Gasteiger partial charge in [-0.25, -0.2) is 0 Å². The monoisotopic (exact) mass is 509 g/mol. The molecule has 37 heavy (non-hydrogen) atoms. The summed E-state index contributed by atoms with van der Waals surface area (Å²) < 4.78 is 0. The zero-order valence-corrected chi connectivity index (χ0v) is 20.6. The van der Waals surface area contributed by atoms with Crippen LogP contribution < -0.4 is 27.4 Å². The third-order valence-corrected chi connectivity index (χ3v) is 5.64. The summed E-state index contributed by atoms with van der Waals surface area (Å²) in [5.41, 5.74) is 14.7. The predicted molar refractivity (Wildman–Crippen MR) is 141 cm³/mol. The number of hydrogen-bond acceptors (Lipinski definition) is 7. The maximum atomic E-state index is 12.6. The van der Waals surface area contributed by atoms with Crippen LogP contribution in [0, 0.1) is 0 Å². The summed E-state index contributed by atoms with van der Waals surface area (Å²) in [5, 5.41) is 27.8. The normalized spacial score (nSPS) is 13.7. The average Bonchev–Trinajstić information content (AvgIpc) is 2.88. The van der Waals surface area contributed by atoms with Crippen molar-refractivity contribution >= 4 is 17.8 Å². The molecule has 0 aromatic heterocycles. The van der Waals surface area contributed by atoms with Crippen LogP contribution in [0.3, 0.4) is 0 Å². The van der Waals surface area contributed by atoms with Crippen molar-refractivity contribution in [3.05, 3.63) is 84.8 Å². The Morgan fingerprint density at radius 2 is 1.62 bits per heavy atom. The number of amides is 2. The highest BCUT2D eigenvalue weighted by Crippen LogP contribution is 2.19. The van der Waals surface area contributed by atoms with E-state index >= 15 is 0 Å². The lowest BCUT2D eigenvalue weighted by Crippen LogP contribution is -2.56. The van der Waals surface area contributed by atoms with E-state index in [1.165, 1.54) is 12.4 Å². The van der Waals surface area contributed by atoms with E-state index in [9.17, 15) is 19.5 Å². The number of rotatable bonds is 16. The summed E-state index contributed by atoms with van der Waals surface area (Å²) in [5.74, 6) is -2.22. The number of nitrogens with one attached hydrogen (secondary N) is 3. The van der Waals surface area contributed by atoms with Crippen LogP contribution in [0.4, 0.5) is 0 Å². The molecule has 0 radical (unpaired) electrons. The van der Waals surface area contributed by atoms with Gasteiger partial charge in [-0.2, -0.15) is 0 Å². The molecule has 0 fully saturated rings. The van der Waals surface area contributed by atoms with Crippen molar-refractivity contribution in [2.24, 2.45) is 11.5 Å². The van der Waals surface area contributed by atoms with Crippen LogP contribution in [0.15, 0.2) is 79.3 Å². The summed E-state index contributed by atoms with van der Waals surface area (Å²) >= 11 is 0. The number of primary amides is 1. The number of aliphatic hydroxyl groups excluding tert-OH is 1. The highest BCUT2D eigenvalue weighted by atomic mass is 16.4. The van der Waals surface area contributed by atoms with Crippen molar-refractivity contribution in [2.75, 3.05) is 0 Å². The Kier molecular flexibility index (Phi) is 11.8. The third kappa shape index (κ3) is 10.6. The first-order chi connectivity index (χ1) is 17.7. The molecule has 10 heteroatoms. The van der Waals surface area contributed by atoms with Crippen LogP contribution in [0.5, 0.6) is 0 Å². The van der Waals surface area contributed by atoms with E-state index in [2.05, 4.69) is 22.5 Å². The standard InChI is InChI=1S/C27H35N5O5/c1-2-30-17-21(28)16-23(26(29)36)32-27(37)22(13-15-25(34)35)31-24(33)14-10-18-8-11-20(12-9-18)19-6-4-3-5-7-19/h2-9,11-12,17,22-23,27,30,32,37H,1,10,13-16,28H2,(H2,29,36)(H,31,33)(H,34,35)/b21-17-/t22-,23-,27-/m0/s1. The van der Waals surface area contributed by atoms with E-state index < -0.39 is 30.2 Å². The van der Waals surface area contributed by atoms with Crippen molar-refractivity contribution in [1.29, 1.82) is 0 Å². The molecule has 9 N–H and O–H groups in total. The molecule has 10 nitrogen and oxygen atoms in total. The van der Waals surface area contributed by atoms with E-state index in [-0.39, 0.29) is 37.3 Å². The zero-order valence-electron chi connectivity index (χ0n) is 20.6. The number of aliphatic carboxylic acids is 1. The van der Waals surface area contributed by atoms with Crippen molar-refractivity contribution in [3.63, 3.8) is 0 Å². The lowest BCUT2D eigenvalue weighted by Gasteiger charge is -2.28. The number of benzene rings is 2. The Labute approximate surface area is 216 Å². The molecule has 2 amide bonds. The Bertz CT molecular complexity index is 1070. The molecule has 0 saturated carbocycles. The summed E-state index contributed by atoms with van der Waals surface area (Å²) in [6.45, 7) is 3.48. The van der Waals surface area contributed by atoms with Crippen molar-refractivity contribution < 1.29 is 24.6 Å². The minimum atomic E-state index is -1.44. The summed E-state index contributed by atoms with van der Waals surface area (Å²) in [4.78, 5) is 35.6. The molecule has 0 aliphatic heterocycles. The summed E-state index contributed by atoms with van der Waals surface area (Å²) in [7, 11) is 0. The molecule has 0 heterocycles. The van der Waals surface area contributed by atoms with Gasteiger partial charge in [0, 0.05) is 31.2 Å². The van der Waals surface area contributed by atoms with Gasteiger partial charge in [0.1, 0.15) is 6.23 Å². The van der Waals surface area contributed by atoms with Crippen LogP contribution in [0.25, 0.3) is 11.1 Å². The van der Waals surface area contributed by atoms with Gasteiger partial charge in [-0.15, -0.1) is 0 Å². The lowest BCUT2D eigenvalue weighted by atomic mass is 10.0. The second-order valence-electron chi connectivity index (χ2n) is 8.53. The van der Waals surface area contributed by atoms with Crippen LogP contribution in [-0.2, 0) is 20.8 Å². The first-order valence-electron chi connectivity index (χ1n) is 11.9. The minimum absolute atomic E-state index is 0.0220. The number of carboxylic acid groups (broad SMARTS) is 1. The number of carboxylic acids is 1. The van der Waals surface area contributed by atoms with Gasteiger partial charge in [0.15, 0.2) is 0 Å². The first kappa shape index (κ1) is 29.1. The van der Waals surface area contributed by atoms with Crippen LogP contribution in [0.1, 0.15) is 31.2 Å². The van der Waals surface area contributed by atoms with Gasteiger partial charge in [-0.05, 0) is 35.7 Å². The third-order valence-electron chi connectivity index (χ3n) is 5.64. The fourth-order valence-electron chi connectivity index (χ4n) is 3.64. The summed E-state index contributed by atoms with van der Waals surface area (Å²) in [6.07, 6.45) is 1.59. The smallest absolute Gasteiger partial charge is 0.303 e. The van der Waals surface area contributed by atoms with E-state index in [1.54, 1.807) is 0 Å². The molecule has 0 unspecified atom stereocenters. The van der Waals surface area contributed by atoms with E-state index in [4.69, 9.17) is 16.6 Å². The number of carbonyl (C=O) groups excluding carboxylic acids is 2. The second kappa shape index (κ2) is 15.1. The van der Waals surface area contributed by atoms with Crippen LogP contribution >= 0.6 is 0 Å². The molecule has 0 bridgehead atoms. The number of hydrogen-bond donors (Lipinski definition) is 7. The van der Waals surface area contributed by atoms with E-state index in [1.807, 2.05) is 54.6 Å². The van der Waals surface area contributed by atoms with E-state index in [0.717, 1.165) is 16.7 Å². The fourth-order valence-corrected chi connectivity index (χ4v) is 3.64. The maximum absolute atomic E-state index is 12.6.